The summed E-state index contributed by atoms with van der Waals surface area (Å²) < 4.78 is 0. The molecule has 0 N–H and O–H groups in total. The Kier molecular flexibility index (Phi) is 7.85. The molecule has 51 heavy (non-hydrogen) atoms. The maximum Gasteiger partial charge on any atom is 0.164 e. The molecule has 0 bridgehead atoms. The van der Waals surface area contributed by atoms with Gasteiger partial charge in [-0.15, -0.1) is 0 Å². The third-order valence-electron chi connectivity index (χ3n) is 10.7. The van der Waals surface area contributed by atoms with Crippen LogP contribution >= 0.6 is 0 Å². The highest BCUT2D eigenvalue weighted by Gasteiger charge is 2.35. The van der Waals surface area contributed by atoms with E-state index in [1.165, 1.54) is 38.2 Å². The van der Waals surface area contributed by atoms with Crippen molar-refractivity contribution in [2.24, 2.45) is 0 Å². The molecule has 1 aliphatic rings. The van der Waals surface area contributed by atoms with E-state index in [0.717, 1.165) is 33.0 Å². The number of rotatable bonds is 6. The number of fused-ring (bicyclic) bond motifs is 4. The third kappa shape index (κ3) is 5.98. The van der Waals surface area contributed by atoms with E-state index in [1.807, 2.05) is 0 Å². The fourth-order valence-corrected chi connectivity index (χ4v) is 9.89. The van der Waals surface area contributed by atoms with E-state index >= 15 is 0 Å². The summed E-state index contributed by atoms with van der Waals surface area (Å²) in [5.41, 5.74) is 10.7. The second-order valence-electron chi connectivity index (χ2n) is 16.6. The van der Waals surface area contributed by atoms with Crippen LogP contribution in [0, 0.1) is 0 Å². The standard InChI is InChI=1S/C46H45N3Si2/c1-46(2)41-16-12-11-15-38(41)39-28-32(21-26-42(39)46)34-27-33-13-9-10-14-37(33)40(29-34)45-48-43(30-17-22-35(23-18-30)50(3,4)5)47-44(49-45)31-19-24-36(25-20-31)51(6,7)8/h9-29H,1-8H3. The van der Waals surface area contributed by atoms with Gasteiger partial charge in [-0.25, -0.2) is 15.0 Å². The second-order valence-corrected chi connectivity index (χ2v) is 26.8. The van der Waals surface area contributed by atoms with Gasteiger partial charge < -0.3 is 0 Å². The monoisotopic (exact) mass is 695 g/mol. The Balaban J connectivity index is 1.32. The van der Waals surface area contributed by atoms with Crippen molar-refractivity contribution < 1.29 is 0 Å². The minimum absolute atomic E-state index is 0.0305. The van der Waals surface area contributed by atoms with Gasteiger partial charge in [-0.2, -0.15) is 0 Å². The molecule has 0 saturated carbocycles. The first-order valence-corrected chi connectivity index (χ1v) is 25.0. The van der Waals surface area contributed by atoms with E-state index in [9.17, 15) is 0 Å². The van der Waals surface area contributed by atoms with Gasteiger partial charge in [0.2, 0.25) is 0 Å². The average molecular weight is 696 g/mol. The van der Waals surface area contributed by atoms with Crippen LogP contribution < -0.4 is 10.4 Å². The second kappa shape index (κ2) is 12.1. The molecule has 1 heterocycles. The Morgan fingerprint density at radius 3 is 1.51 bits per heavy atom. The molecule has 0 spiro atoms. The fraction of sp³-hybridized carbons (Fsp3) is 0.196. The van der Waals surface area contributed by atoms with Gasteiger partial charge in [-0.3, -0.25) is 0 Å². The zero-order chi connectivity index (χ0) is 35.7. The number of hydrogen-bond acceptors (Lipinski definition) is 3. The topological polar surface area (TPSA) is 38.7 Å². The van der Waals surface area contributed by atoms with Crippen LogP contribution in [0.1, 0.15) is 25.0 Å². The van der Waals surface area contributed by atoms with Crippen molar-refractivity contribution in [1.29, 1.82) is 0 Å². The van der Waals surface area contributed by atoms with Crippen molar-refractivity contribution in [3.63, 3.8) is 0 Å². The first kappa shape index (κ1) is 33.2. The summed E-state index contributed by atoms with van der Waals surface area (Å²) in [6.45, 7) is 18.9. The molecule has 0 radical (unpaired) electrons. The summed E-state index contributed by atoms with van der Waals surface area (Å²) in [7, 11) is -2.92. The summed E-state index contributed by atoms with van der Waals surface area (Å²) in [6, 6.07) is 46.8. The normalized spacial score (nSPS) is 13.6. The first-order chi connectivity index (χ1) is 24.3. The summed E-state index contributed by atoms with van der Waals surface area (Å²) in [5.74, 6) is 2.07. The lowest BCUT2D eigenvalue weighted by atomic mass is 9.82. The molecule has 0 saturated heterocycles. The molecule has 8 rings (SSSR count). The minimum Gasteiger partial charge on any atom is -0.208 e. The van der Waals surface area contributed by atoms with Crippen LogP contribution in [0.25, 0.3) is 67.2 Å². The summed E-state index contributed by atoms with van der Waals surface area (Å²) >= 11 is 0. The fourth-order valence-electron chi connectivity index (χ4n) is 7.56. The van der Waals surface area contributed by atoms with Crippen molar-refractivity contribution in [3.05, 3.63) is 139 Å². The zero-order valence-electron chi connectivity index (χ0n) is 31.0. The van der Waals surface area contributed by atoms with Crippen LogP contribution in [0.3, 0.4) is 0 Å². The molecule has 0 fully saturated rings. The van der Waals surface area contributed by atoms with E-state index in [4.69, 9.17) is 15.0 Å². The van der Waals surface area contributed by atoms with Crippen LogP contribution in [0.4, 0.5) is 0 Å². The highest BCUT2D eigenvalue weighted by Crippen LogP contribution is 2.49. The summed E-state index contributed by atoms with van der Waals surface area (Å²) in [6.07, 6.45) is 0. The van der Waals surface area contributed by atoms with Gasteiger partial charge in [-0.1, -0.05) is 173 Å². The maximum atomic E-state index is 5.24. The van der Waals surface area contributed by atoms with Gasteiger partial charge in [0.05, 0.1) is 16.1 Å². The lowest BCUT2D eigenvalue weighted by molar-refractivity contribution is 0.660. The van der Waals surface area contributed by atoms with E-state index in [1.54, 1.807) is 0 Å². The molecule has 0 unspecified atom stereocenters. The molecule has 0 aliphatic heterocycles. The predicted octanol–water partition coefficient (Wildman–Crippen LogP) is 11.1. The molecule has 6 aromatic carbocycles. The Labute approximate surface area is 304 Å². The van der Waals surface area contributed by atoms with E-state index in [2.05, 4.69) is 181 Å². The number of benzene rings is 6. The zero-order valence-corrected chi connectivity index (χ0v) is 33.0. The van der Waals surface area contributed by atoms with Gasteiger partial charge in [-0.05, 0) is 62.4 Å². The number of hydrogen-bond donors (Lipinski definition) is 0. The highest BCUT2D eigenvalue weighted by molar-refractivity contribution is 6.89. The van der Waals surface area contributed by atoms with Crippen LogP contribution in [0.2, 0.25) is 39.3 Å². The van der Waals surface area contributed by atoms with Crippen LogP contribution in [0.5, 0.6) is 0 Å². The summed E-state index contributed by atoms with van der Waals surface area (Å²) in [4.78, 5) is 15.6. The van der Waals surface area contributed by atoms with Crippen molar-refractivity contribution in [3.8, 4) is 56.4 Å². The molecular weight excluding hydrogens is 651 g/mol. The van der Waals surface area contributed by atoms with E-state index < -0.39 is 16.1 Å². The first-order valence-electron chi connectivity index (χ1n) is 18.0. The Bertz CT molecular complexity index is 2370. The summed E-state index contributed by atoms with van der Waals surface area (Å²) in [5, 5.41) is 5.12. The van der Waals surface area contributed by atoms with Crippen molar-refractivity contribution in [2.75, 3.05) is 0 Å². The van der Waals surface area contributed by atoms with E-state index in [0.29, 0.717) is 17.5 Å². The van der Waals surface area contributed by atoms with Crippen LogP contribution in [-0.2, 0) is 5.41 Å². The molecule has 0 amide bonds. The van der Waals surface area contributed by atoms with Gasteiger partial charge in [0, 0.05) is 22.1 Å². The number of aromatic nitrogens is 3. The van der Waals surface area contributed by atoms with E-state index in [-0.39, 0.29) is 5.41 Å². The Hall–Kier alpha value is -4.98. The van der Waals surface area contributed by atoms with Crippen molar-refractivity contribution in [2.45, 2.75) is 58.5 Å². The molecule has 1 aliphatic carbocycles. The maximum absolute atomic E-state index is 5.24. The van der Waals surface area contributed by atoms with Gasteiger partial charge in [0.25, 0.3) is 0 Å². The molecule has 1 aromatic heterocycles. The van der Waals surface area contributed by atoms with Crippen molar-refractivity contribution >= 4 is 37.3 Å². The predicted molar refractivity (Wildman–Crippen MR) is 223 cm³/mol. The lowest BCUT2D eigenvalue weighted by Crippen LogP contribution is -2.37. The minimum atomic E-state index is -1.46. The quantitative estimate of drug-likeness (QED) is 0.163. The molecule has 5 heteroatoms. The van der Waals surface area contributed by atoms with Gasteiger partial charge in [0.15, 0.2) is 17.5 Å². The SMILES string of the molecule is CC1(C)c2ccccc2-c2cc(-c3cc(-c4nc(-c5ccc([Si](C)(C)C)cc5)nc(-c5ccc([Si](C)(C)C)cc5)n4)c4ccccc4c3)ccc21. The van der Waals surface area contributed by atoms with Crippen LogP contribution in [-0.4, -0.2) is 31.1 Å². The Morgan fingerprint density at radius 2 is 0.902 bits per heavy atom. The lowest BCUT2D eigenvalue weighted by Gasteiger charge is -2.21. The molecule has 3 nitrogen and oxygen atoms in total. The van der Waals surface area contributed by atoms with Gasteiger partial charge >= 0.3 is 0 Å². The largest absolute Gasteiger partial charge is 0.208 e. The molecule has 0 atom stereocenters. The average Bonchev–Trinajstić information content (AvgIpc) is 3.36. The number of nitrogens with zero attached hydrogens (tertiary/aromatic N) is 3. The highest BCUT2D eigenvalue weighted by atomic mass is 28.3. The Morgan fingerprint density at radius 1 is 0.412 bits per heavy atom. The van der Waals surface area contributed by atoms with Crippen molar-refractivity contribution in [1.82, 2.24) is 15.0 Å². The third-order valence-corrected chi connectivity index (χ3v) is 14.8. The smallest absolute Gasteiger partial charge is 0.164 e. The van der Waals surface area contributed by atoms with Crippen LogP contribution in [0.15, 0.2) is 127 Å². The molecular formula is C46H45N3Si2. The molecule has 7 aromatic rings. The molecule has 252 valence electrons. The van der Waals surface area contributed by atoms with Gasteiger partial charge in [0.1, 0.15) is 0 Å².